The van der Waals surface area contributed by atoms with Gasteiger partial charge in [-0.2, -0.15) is 0 Å². The van der Waals surface area contributed by atoms with Crippen LogP contribution in [-0.2, 0) is 4.74 Å². The zero-order valence-corrected chi connectivity index (χ0v) is 12.8. The Morgan fingerprint density at radius 1 is 1.38 bits per heavy atom. The molecule has 2 aromatic rings. The second-order valence-electron chi connectivity index (χ2n) is 4.81. The lowest BCUT2D eigenvalue weighted by molar-refractivity contribution is 0.0846. The number of nitrogens with one attached hydrogen (secondary N) is 1. The van der Waals surface area contributed by atoms with Gasteiger partial charge in [0, 0.05) is 36.9 Å². The van der Waals surface area contributed by atoms with Crippen LogP contribution in [0.2, 0.25) is 5.02 Å². The molecule has 110 valence electrons. The minimum atomic E-state index is -0.252. The summed E-state index contributed by atoms with van der Waals surface area (Å²) in [5, 5.41) is 5.82. The molecule has 0 atom stereocenters. The van der Waals surface area contributed by atoms with Crippen LogP contribution < -0.4 is 5.32 Å². The lowest BCUT2D eigenvalue weighted by Gasteiger charge is -2.19. The molecule has 0 radical (unpaired) electrons. The fourth-order valence-corrected chi connectivity index (χ4v) is 3.19. The minimum Gasteiger partial charge on any atom is -0.381 e. The Morgan fingerprint density at radius 3 is 2.95 bits per heavy atom. The highest BCUT2D eigenvalue weighted by Crippen LogP contribution is 2.29. The number of rotatable bonds is 3. The normalized spacial score (nSPS) is 15.9. The van der Waals surface area contributed by atoms with Gasteiger partial charge < -0.3 is 4.74 Å². The number of aromatic nitrogens is 2. The first-order chi connectivity index (χ1) is 10.2. The summed E-state index contributed by atoms with van der Waals surface area (Å²) in [4.78, 5) is 20.5. The Morgan fingerprint density at radius 2 is 2.19 bits per heavy atom. The first kappa shape index (κ1) is 14.4. The van der Waals surface area contributed by atoms with E-state index in [2.05, 4.69) is 15.3 Å². The van der Waals surface area contributed by atoms with Crippen molar-refractivity contribution < 1.29 is 9.53 Å². The van der Waals surface area contributed by atoms with Crippen LogP contribution in [0, 0.1) is 0 Å². The number of amides is 1. The lowest BCUT2D eigenvalue weighted by atomic mass is 9.98. The van der Waals surface area contributed by atoms with Gasteiger partial charge in [0.25, 0.3) is 5.91 Å². The van der Waals surface area contributed by atoms with Gasteiger partial charge in [0.15, 0.2) is 5.13 Å². The van der Waals surface area contributed by atoms with Gasteiger partial charge in [-0.1, -0.05) is 11.6 Å². The Balaban J connectivity index is 1.68. The summed E-state index contributed by atoms with van der Waals surface area (Å²) >= 11 is 7.26. The van der Waals surface area contributed by atoms with E-state index in [1.165, 1.54) is 23.7 Å². The van der Waals surface area contributed by atoms with E-state index in [0.717, 1.165) is 31.7 Å². The molecule has 0 saturated carbocycles. The summed E-state index contributed by atoms with van der Waals surface area (Å²) in [6, 6.07) is 1.58. The number of pyridine rings is 1. The average molecular weight is 324 g/mol. The van der Waals surface area contributed by atoms with Crippen LogP contribution >= 0.6 is 22.9 Å². The van der Waals surface area contributed by atoms with Crippen molar-refractivity contribution in [1.82, 2.24) is 9.97 Å². The highest BCUT2D eigenvalue weighted by Gasteiger charge is 2.19. The number of carbonyl (C=O) groups is 1. The SMILES string of the molecule is O=C(Nc1nc(C2CCOCC2)cs1)c1cncc(Cl)c1. The summed E-state index contributed by atoms with van der Waals surface area (Å²) in [7, 11) is 0. The number of anilines is 1. The third-order valence-electron chi connectivity index (χ3n) is 3.35. The summed E-state index contributed by atoms with van der Waals surface area (Å²) < 4.78 is 5.35. The summed E-state index contributed by atoms with van der Waals surface area (Å²) in [5.74, 6) is 0.173. The Kier molecular flexibility index (Phi) is 4.48. The fourth-order valence-electron chi connectivity index (χ4n) is 2.23. The van der Waals surface area contributed by atoms with Gasteiger partial charge in [-0.3, -0.25) is 15.1 Å². The first-order valence-corrected chi connectivity index (χ1v) is 7.93. The first-order valence-electron chi connectivity index (χ1n) is 6.67. The molecule has 5 nitrogen and oxygen atoms in total. The average Bonchev–Trinajstić information content (AvgIpc) is 2.97. The molecular formula is C14H14ClN3O2S. The van der Waals surface area contributed by atoms with Gasteiger partial charge in [0.05, 0.1) is 16.3 Å². The molecule has 3 rings (SSSR count). The molecule has 2 aromatic heterocycles. The molecule has 1 fully saturated rings. The molecule has 0 unspecified atom stereocenters. The number of nitrogens with zero attached hydrogens (tertiary/aromatic N) is 2. The molecule has 1 aliphatic rings. The van der Waals surface area contributed by atoms with Crippen molar-refractivity contribution in [2.75, 3.05) is 18.5 Å². The van der Waals surface area contributed by atoms with Crippen molar-refractivity contribution >= 4 is 34.0 Å². The van der Waals surface area contributed by atoms with Crippen LogP contribution in [0.4, 0.5) is 5.13 Å². The lowest BCUT2D eigenvalue weighted by Crippen LogP contribution is -2.15. The largest absolute Gasteiger partial charge is 0.381 e. The van der Waals surface area contributed by atoms with Gasteiger partial charge in [0.2, 0.25) is 0 Å². The standard InChI is InChI=1S/C14H14ClN3O2S/c15-11-5-10(6-16-7-11)13(19)18-14-17-12(8-21-14)9-1-3-20-4-2-9/h5-9H,1-4H2,(H,17,18,19). The van der Waals surface area contributed by atoms with Crippen molar-refractivity contribution in [1.29, 1.82) is 0 Å². The van der Waals surface area contributed by atoms with Gasteiger partial charge in [-0.25, -0.2) is 4.98 Å². The van der Waals surface area contributed by atoms with Crippen LogP contribution in [-0.4, -0.2) is 29.1 Å². The van der Waals surface area contributed by atoms with Gasteiger partial charge in [-0.15, -0.1) is 11.3 Å². The molecule has 21 heavy (non-hydrogen) atoms. The van der Waals surface area contributed by atoms with E-state index in [1.54, 1.807) is 6.07 Å². The zero-order valence-electron chi connectivity index (χ0n) is 11.2. The maximum Gasteiger partial charge on any atom is 0.259 e. The van der Waals surface area contributed by atoms with Crippen LogP contribution in [0.3, 0.4) is 0 Å². The maximum atomic E-state index is 12.1. The van der Waals surface area contributed by atoms with E-state index < -0.39 is 0 Å². The molecule has 1 amide bonds. The number of halogens is 1. The Labute approximate surface area is 131 Å². The number of hydrogen-bond donors (Lipinski definition) is 1. The molecular weight excluding hydrogens is 310 g/mol. The molecule has 1 saturated heterocycles. The van der Waals surface area contributed by atoms with Crippen molar-refractivity contribution in [2.45, 2.75) is 18.8 Å². The molecule has 0 aliphatic carbocycles. The molecule has 1 N–H and O–H groups in total. The molecule has 7 heteroatoms. The van der Waals surface area contributed by atoms with Gasteiger partial charge in [-0.05, 0) is 18.9 Å². The predicted octanol–water partition coefficient (Wildman–Crippen LogP) is 3.34. The molecule has 3 heterocycles. The quantitative estimate of drug-likeness (QED) is 0.941. The number of thiazole rings is 1. The Bertz CT molecular complexity index is 641. The smallest absolute Gasteiger partial charge is 0.259 e. The highest BCUT2D eigenvalue weighted by atomic mass is 35.5. The third kappa shape index (κ3) is 3.58. The molecule has 0 bridgehead atoms. The van der Waals surface area contributed by atoms with Crippen LogP contribution in [0.15, 0.2) is 23.8 Å². The van der Waals surface area contributed by atoms with Crippen molar-refractivity contribution in [2.24, 2.45) is 0 Å². The van der Waals surface area contributed by atoms with E-state index in [9.17, 15) is 4.79 Å². The van der Waals surface area contributed by atoms with Crippen LogP contribution in [0.5, 0.6) is 0 Å². The third-order valence-corrected chi connectivity index (χ3v) is 4.33. The van der Waals surface area contributed by atoms with Crippen LogP contribution in [0.1, 0.15) is 34.8 Å². The second-order valence-corrected chi connectivity index (χ2v) is 6.10. The zero-order chi connectivity index (χ0) is 14.7. The van der Waals surface area contributed by atoms with Gasteiger partial charge in [0.1, 0.15) is 0 Å². The number of ether oxygens (including phenoxy) is 1. The maximum absolute atomic E-state index is 12.1. The van der Waals surface area contributed by atoms with E-state index in [4.69, 9.17) is 16.3 Å². The van der Waals surface area contributed by atoms with Crippen molar-refractivity contribution in [3.63, 3.8) is 0 Å². The summed E-state index contributed by atoms with van der Waals surface area (Å²) in [6.45, 7) is 1.55. The summed E-state index contributed by atoms with van der Waals surface area (Å²) in [5.41, 5.74) is 1.45. The molecule has 0 spiro atoms. The van der Waals surface area contributed by atoms with Crippen LogP contribution in [0.25, 0.3) is 0 Å². The van der Waals surface area contributed by atoms with E-state index in [0.29, 0.717) is 21.6 Å². The van der Waals surface area contributed by atoms with E-state index in [-0.39, 0.29) is 5.91 Å². The van der Waals surface area contributed by atoms with Crippen molar-refractivity contribution in [3.05, 3.63) is 40.1 Å². The second kappa shape index (κ2) is 6.51. The van der Waals surface area contributed by atoms with Gasteiger partial charge >= 0.3 is 0 Å². The Hall–Kier alpha value is -1.50. The highest BCUT2D eigenvalue weighted by molar-refractivity contribution is 7.14. The predicted molar refractivity (Wildman–Crippen MR) is 82.1 cm³/mol. The molecule has 0 aromatic carbocycles. The topological polar surface area (TPSA) is 64.1 Å². The molecule has 1 aliphatic heterocycles. The van der Waals surface area contributed by atoms with E-state index in [1.807, 2.05) is 5.38 Å². The monoisotopic (exact) mass is 323 g/mol. The minimum absolute atomic E-state index is 0.252. The fraction of sp³-hybridized carbons (Fsp3) is 0.357. The number of carbonyl (C=O) groups excluding carboxylic acids is 1. The van der Waals surface area contributed by atoms with E-state index >= 15 is 0 Å². The summed E-state index contributed by atoms with van der Waals surface area (Å²) in [6.07, 6.45) is 4.93. The van der Waals surface area contributed by atoms with Crippen molar-refractivity contribution in [3.8, 4) is 0 Å². The number of hydrogen-bond acceptors (Lipinski definition) is 5.